The van der Waals surface area contributed by atoms with Gasteiger partial charge in [-0.1, -0.05) is 109 Å². The van der Waals surface area contributed by atoms with Gasteiger partial charge in [-0.2, -0.15) is 0 Å². The molecule has 0 aliphatic rings. The van der Waals surface area contributed by atoms with Crippen molar-refractivity contribution >= 4 is 65.0 Å². The molecule has 0 bridgehead atoms. The lowest BCUT2D eigenvalue weighted by Gasteiger charge is -2.17. The summed E-state index contributed by atoms with van der Waals surface area (Å²) in [6.45, 7) is 0. The van der Waals surface area contributed by atoms with Crippen molar-refractivity contribution in [1.29, 1.82) is 0 Å². The second-order valence-corrected chi connectivity index (χ2v) is 15.2. The molecular formula is C54H32N6. The summed E-state index contributed by atoms with van der Waals surface area (Å²) in [6.07, 6.45) is 5.56. The molecule has 0 atom stereocenters. The molecule has 6 heteroatoms. The van der Waals surface area contributed by atoms with E-state index in [4.69, 9.17) is 24.9 Å². The van der Waals surface area contributed by atoms with Gasteiger partial charge in [0.2, 0.25) is 0 Å². The van der Waals surface area contributed by atoms with Crippen LogP contribution in [0.15, 0.2) is 195 Å². The summed E-state index contributed by atoms with van der Waals surface area (Å²) < 4.78 is 0. The topological polar surface area (TPSA) is 77.3 Å². The van der Waals surface area contributed by atoms with E-state index in [1.54, 1.807) is 0 Å². The van der Waals surface area contributed by atoms with Gasteiger partial charge in [-0.05, 0) is 121 Å². The average Bonchev–Trinajstić information content (AvgIpc) is 3.31. The largest absolute Gasteiger partial charge is 0.256 e. The molecule has 4 heterocycles. The number of aromatic nitrogens is 6. The number of hydrogen-bond acceptors (Lipinski definition) is 6. The molecular weight excluding hydrogens is 733 g/mol. The van der Waals surface area contributed by atoms with Crippen LogP contribution >= 0.6 is 0 Å². The van der Waals surface area contributed by atoms with Gasteiger partial charge in [0.05, 0.1) is 16.6 Å². The van der Waals surface area contributed by atoms with Crippen LogP contribution < -0.4 is 0 Å². The summed E-state index contributed by atoms with van der Waals surface area (Å²) in [6, 6.07) is 61.5. The summed E-state index contributed by atoms with van der Waals surface area (Å²) in [5.74, 6) is 1.77. The van der Waals surface area contributed by atoms with Gasteiger partial charge in [-0.15, -0.1) is 0 Å². The highest BCUT2D eigenvalue weighted by molar-refractivity contribution is 6.15. The van der Waals surface area contributed by atoms with Crippen LogP contribution in [-0.2, 0) is 0 Å². The first-order chi connectivity index (χ1) is 29.7. The minimum absolute atomic E-state index is 0.576. The number of rotatable bonds is 5. The van der Waals surface area contributed by atoms with Crippen molar-refractivity contribution in [1.82, 2.24) is 29.9 Å². The van der Waals surface area contributed by atoms with Gasteiger partial charge in [0.1, 0.15) is 0 Å². The van der Waals surface area contributed by atoms with Crippen LogP contribution in [0.1, 0.15) is 0 Å². The fraction of sp³-hybridized carbons (Fsp3) is 0. The van der Waals surface area contributed by atoms with Gasteiger partial charge in [0.25, 0.3) is 0 Å². The van der Waals surface area contributed by atoms with Crippen LogP contribution in [0, 0.1) is 0 Å². The van der Waals surface area contributed by atoms with Gasteiger partial charge >= 0.3 is 0 Å². The first-order valence-electron chi connectivity index (χ1n) is 20.0. The van der Waals surface area contributed by atoms with Crippen LogP contribution in [-0.4, -0.2) is 29.9 Å². The molecule has 0 amide bonds. The van der Waals surface area contributed by atoms with Crippen molar-refractivity contribution in [2.24, 2.45) is 0 Å². The Labute approximate surface area is 344 Å². The summed E-state index contributed by atoms with van der Waals surface area (Å²) in [4.78, 5) is 30.1. The second kappa shape index (κ2) is 13.7. The van der Waals surface area contributed by atoms with Gasteiger partial charge in [-0.3, -0.25) is 15.0 Å². The first kappa shape index (κ1) is 33.9. The van der Waals surface area contributed by atoms with Gasteiger partial charge in [0, 0.05) is 51.4 Å². The monoisotopic (exact) mass is 764 g/mol. The average molecular weight is 765 g/mol. The molecule has 0 unspecified atom stereocenters. The Morgan fingerprint density at radius 3 is 1.38 bits per heavy atom. The van der Waals surface area contributed by atoms with Crippen molar-refractivity contribution in [3.8, 4) is 56.4 Å². The molecule has 0 radical (unpaired) electrons. The molecule has 0 saturated carbocycles. The maximum Gasteiger partial charge on any atom is 0.164 e. The zero-order valence-corrected chi connectivity index (χ0v) is 32.2. The molecule has 0 spiro atoms. The van der Waals surface area contributed by atoms with Crippen molar-refractivity contribution in [3.63, 3.8) is 0 Å². The third-order valence-corrected chi connectivity index (χ3v) is 11.5. The van der Waals surface area contributed by atoms with E-state index in [1.807, 2.05) is 67.1 Å². The van der Waals surface area contributed by atoms with Gasteiger partial charge in [0.15, 0.2) is 17.5 Å². The second-order valence-electron chi connectivity index (χ2n) is 15.2. The molecule has 60 heavy (non-hydrogen) atoms. The fourth-order valence-electron chi connectivity index (χ4n) is 8.75. The van der Waals surface area contributed by atoms with E-state index in [2.05, 4.69) is 132 Å². The van der Waals surface area contributed by atoms with Crippen LogP contribution in [0.25, 0.3) is 121 Å². The normalized spacial score (nSPS) is 11.7. The summed E-state index contributed by atoms with van der Waals surface area (Å²) in [7, 11) is 0. The van der Waals surface area contributed by atoms with Crippen LogP contribution in [0.5, 0.6) is 0 Å². The highest BCUT2D eigenvalue weighted by atomic mass is 15.0. The smallest absolute Gasteiger partial charge is 0.164 e. The molecule has 6 nitrogen and oxygen atoms in total. The van der Waals surface area contributed by atoms with Crippen molar-refractivity contribution < 1.29 is 0 Å². The quantitative estimate of drug-likeness (QED) is 0.162. The Hall–Kier alpha value is -8.22. The Bertz CT molecular complexity index is 3430. The highest BCUT2D eigenvalue weighted by Crippen LogP contribution is 2.43. The SMILES string of the molecule is c1ccc(-c2nc(-c3cc(-c4c5ccccc5cc5ncccc45)cc(-c4c5ccccc5cc5ncccc45)c3)nc(-c3ccc4cc5cccnc5cc4c3)n2)cc1. The molecule has 0 fully saturated rings. The zero-order chi connectivity index (χ0) is 39.6. The standard InChI is InChI=1S/C54H32N6/c1-2-11-33(12-3-1)52-58-53(38-21-20-34-25-37-15-8-22-55-47(37)32-39(34)26-38)60-54(59-52)42-28-40(50-43-16-6-4-13-35(43)30-48-45(50)18-9-23-56-48)27-41(29-42)51-44-17-7-5-14-36(44)31-49-46(51)19-10-24-57-49/h1-32H. The summed E-state index contributed by atoms with van der Waals surface area (Å²) in [5.41, 5.74) is 9.78. The maximum absolute atomic E-state index is 5.32. The Balaban J connectivity index is 1.17. The lowest BCUT2D eigenvalue weighted by molar-refractivity contribution is 1.07. The van der Waals surface area contributed by atoms with Crippen LogP contribution in [0.3, 0.4) is 0 Å². The Morgan fingerprint density at radius 1 is 0.250 bits per heavy atom. The molecule has 12 aromatic rings. The van der Waals surface area contributed by atoms with Crippen LogP contribution in [0.4, 0.5) is 0 Å². The fourth-order valence-corrected chi connectivity index (χ4v) is 8.75. The summed E-state index contributed by atoms with van der Waals surface area (Å²) >= 11 is 0. The van der Waals surface area contributed by atoms with Gasteiger partial charge in [-0.25, -0.2) is 15.0 Å². The number of pyridine rings is 3. The van der Waals surface area contributed by atoms with Crippen molar-refractivity contribution in [3.05, 3.63) is 195 Å². The third kappa shape index (κ3) is 5.73. The lowest BCUT2D eigenvalue weighted by Crippen LogP contribution is -2.01. The van der Waals surface area contributed by atoms with E-state index >= 15 is 0 Å². The summed E-state index contributed by atoms with van der Waals surface area (Å²) in [5, 5.41) is 9.98. The predicted molar refractivity (Wildman–Crippen MR) is 245 cm³/mol. The Morgan fingerprint density at radius 2 is 0.733 bits per heavy atom. The number of nitrogens with zero attached hydrogens (tertiary/aromatic N) is 6. The minimum Gasteiger partial charge on any atom is -0.256 e. The van der Waals surface area contributed by atoms with E-state index in [-0.39, 0.29) is 0 Å². The van der Waals surface area contributed by atoms with E-state index in [1.165, 1.54) is 0 Å². The first-order valence-corrected chi connectivity index (χ1v) is 20.0. The zero-order valence-electron chi connectivity index (χ0n) is 32.2. The van der Waals surface area contributed by atoms with E-state index < -0.39 is 0 Å². The number of benzene rings is 8. The molecule has 4 aromatic heterocycles. The van der Waals surface area contributed by atoms with E-state index in [0.717, 1.165) is 104 Å². The van der Waals surface area contributed by atoms with Crippen molar-refractivity contribution in [2.45, 2.75) is 0 Å². The lowest BCUT2D eigenvalue weighted by atomic mass is 9.88. The predicted octanol–water partition coefficient (Wildman–Crippen LogP) is 13.3. The van der Waals surface area contributed by atoms with E-state index in [9.17, 15) is 0 Å². The molecule has 0 aliphatic carbocycles. The van der Waals surface area contributed by atoms with Crippen molar-refractivity contribution in [2.75, 3.05) is 0 Å². The molecule has 0 N–H and O–H groups in total. The molecule has 8 aromatic carbocycles. The number of hydrogen-bond donors (Lipinski definition) is 0. The highest BCUT2D eigenvalue weighted by Gasteiger charge is 2.20. The Kier molecular flexibility index (Phi) is 7.74. The van der Waals surface area contributed by atoms with Crippen LogP contribution in [0.2, 0.25) is 0 Å². The van der Waals surface area contributed by atoms with E-state index in [0.29, 0.717) is 17.5 Å². The van der Waals surface area contributed by atoms with Gasteiger partial charge < -0.3 is 0 Å². The molecule has 12 rings (SSSR count). The maximum atomic E-state index is 5.32. The molecule has 278 valence electrons. The molecule has 0 saturated heterocycles. The number of fused-ring (bicyclic) bond motifs is 6. The molecule has 0 aliphatic heterocycles. The third-order valence-electron chi connectivity index (χ3n) is 11.5. The minimum atomic E-state index is 0.576.